The molecule has 0 fully saturated rings. The average Bonchev–Trinajstić information content (AvgIpc) is 2.01. The molecule has 0 aliphatic rings. The van der Waals surface area contributed by atoms with Crippen molar-refractivity contribution in [3.63, 3.8) is 0 Å². The summed E-state index contributed by atoms with van der Waals surface area (Å²) in [4.78, 5) is 0. The maximum Gasteiger partial charge on any atom is 0.0621 e. The highest BCUT2D eigenvalue weighted by Gasteiger charge is 2.00. The van der Waals surface area contributed by atoms with Crippen LogP contribution in [0.3, 0.4) is 0 Å². The topological polar surface area (TPSA) is 75.8 Å². The first-order valence-corrected chi connectivity index (χ1v) is 4.14. The van der Waals surface area contributed by atoms with Crippen molar-refractivity contribution in [2.45, 2.75) is 38.1 Å². The van der Waals surface area contributed by atoms with Crippen LogP contribution in [0, 0.1) is 11.3 Å². The van der Waals surface area contributed by atoms with E-state index < -0.39 is 0 Å². The summed E-state index contributed by atoms with van der Waals surface area (Å²) < 4.78 is 0. The molecule has 0 bridgehead atoms. The Hall–Kier alpha value is -0.590. The van der Waals surface area contributed by atoms with E-state index in [1.54, 1.807) is 0 Å². The van der Waals surface area contributed by atoms with Crippen molar-refractivity contribution in [2.75, 3.05) is 6.54 Å². The SMILES string of the molecule is N#CCCCC(N)CCCN. The second kappa shape index (κ2) is 7.52. The normalized spacial score (nSPS) is 12.5. The molecule has 0 radical (unpaired) electrons. The Morgan fingerprint density at radius 3 is 2.45 bits per heavy atom. The predicted octanol–water partition coefficient (Wildman–Crippen LogP) is 0.746. The summed E-state index contributed by atoms with van der Waals surface area (Å²) in [7, 11) is 0. The van der Waals surface area contributed by atoms with Crippen molar-refractivity contribution >= 4 is 0 Å². The molecule has 0 aliphatic heterocycles. The van der Waals surface area contributed by atoms with Crippen molar-refractivity contribution in [2.24, 2.45) is 11.5 Å². The van der Waals surface area contributed by atoms with Gasteiger partial charge in [0, 0.05) is 12.5 Å². The smallest absolute Gasteiger partial charge is 0.0621 e. The number of rotatable bonds is 6. The standard InChI is InChI=1S/C8H17N3/c9-6-2-1-4-8(11)5-3-7-10/h8H,1-5,7,10-11H2. The summed E-state index contributed by atoms with van der Waals surface area (Å²) in [5.74, 6) is 0. The average molecular weight is 155 g/mol. The van der Waals surface area contributed by atoms with Crippen molar-refractivity contribution in [3.8, 4) is 6.07 Å². The zero-order chi connectivity index (χ0) is 8.53. The van der Waals surface area contributed by atoms with Gasteiger partial charge < -0.3 is 11.5 Å². The van der Waals surface area contributed by atoms with E-state index in [-0.39, 0.29) is 6.04 Å². The Balaban J connectivity index is 3.10. The van der Waals surface area contributed by atoms with E-state index in [1.165, 1.54) is 0 Å². The maximum atomic E-state index is 8.24. The second-order valence-electron chi connectivity index (χ2n) is 2.74. The molecule has 0 aromatic rings. The number of hydrogen-bond donors (Lipinski definition) is 2. The lowest BCUT2D eigenvalue weighted by molar-refractivity contribution is 0.534. The number of nitriles is 1. The van der Waals surface area contributed by atoms with Crippen molar-refractivity contribution in [3.05, 3.63) is 0 Å². The Kier molecular flexibility index (Phi) is 7.11. The van der Waals surface area contributed by atoms with E-state index in [4.69, 9.17) is 16.7 Å². The van der Waals surface area contributed by atoms with Crippen LogP contribution in [0.1, 0.15) is 32.1 Å². The highest BCUT2D eigenvalue weighted by Crippen LogP contribution is 2.02. The highest BCUT2D eigenvalue weighted by molar-refractivity contribution is 4.71. The molecule has 3 nitrogen and oxygen atoms in total. The number of nitrogens with two attached hydrogens (primary N) is 2. The van der Waals surface area contributed by atoms with Crippen molar-refractivity contribution in [1.29, 1.82) is 5.26 Å². The molecule has 4 N–H and O–H groups in total. The maximum absolute atomic E-state index is 8.24. The zero-order valence-corrected chi connectivity index (χ0v) is 6.92. The zero-order valence-electron chi connectivity index (χ0n) is 6.92. The van der Waals surface area contributed by atoms with E-state index in [0.29, 0.717) is 13.0 Å². The number of unbranched alkanes of at least 4 members (excludes halogenated alkanes) is 1. The highest BCUT2D eigenvalue weighted by atomic mass is 14.6. The van der Waals surface area contributed by atoms with Gasteiger partial charge in [-0.15, -0.1) is 0 Å². The first-order chi connectivity index (χ1) is 5.31. The van der Waals surface area contributed by atoms with Gasteiger partial charge >= 0.3 is 0 Å². The van der Waals surface area contributed by atoms with Crippen LogP contribution >= 0.6 is 0 Å². The molecule has 1 atom stereocenters. The van der Waals surface area contributed by atoms with Crippen molar-refractivity contribution in [1.82, 2.24) is 0 Å². The Bertz CT molecular complexity index is 117. The van der Waals surface area contributed by atoms with Crippen LogP contribution in [0.25, 0.3) is 0 Å². The monoisotopic (exact) mass is 155 g/mol. The molecule has 0 aromatic carbocycles. The first-order valence-electron chi connectivity index (χ1n) is 4.14. The lowest BCUT2D eigenvalue weighted by Crippen LogP contribution is -2.20. The van der Waals surface area contributed by atoms with Gasteiger partial charge in [0.2, 0.25) is 0 Å². The van der Waals surface area contributed by atoms with Crippen LogP contribution in [0.4, 0.5) is 0 Å². The number of nitrogens with zero attached hydrogens (tertiary/aromatic N) is 1. The van der Waals surface area contributed by atoms with Crippen LogP contribution in [-0.2, 0) is 0 Å². The van der Waals surface area contributed by atoms with Crippen LogP contribution in [0.15, 0.2) is 0 Å². The lowest BCUT2D eigenvalue weighted by atomic mass is 10.1. The quantitative estimate of drug-likeness (QED) is 0.556. The van der Waals surface area contributed by atoms with E-state index >= 15 is 0 Å². The fraction of sp³-hybridized carbons (Fsp3) is 0.875. The molecule has 0 amide bonds. The van der Waals surface area contributed by atoms with Gasteiger partial charge in [-0.05, 0) is 32.2 Å². The first kappa shape index (κ1) is 10.4. The van der Waals surface area contributed by atoms with Gasteiger partial charge in [0.15, 0.2) is 0 Å². The molecular formula is C8H17N3. The molecule has 3 heteroatoms. The Morgan fingerprint density at radius 2 is 1.91 bits per heavy atom. The summed E-state index contributed by atoms with van der Waals surface area (Å²) in [5.41, 5.74) is 11.1. The minimum atomic E-state index is 0.242. The lowest BCUT2D eigenvalue weighted by Gasteiger charge is -2.08. The molecule has 0 saturated heterocycles. The summed E-state index contributed by atoms with van der Waals surface area (Å²) >= 11 is 0. The Morgan fingerprint density at radius 1 is 1.27 bits per heavy atom. The van der Waals surface area contributed by atoms with E-state index in [0.717, 1.165) is 25.7 Å². The van der Waals surface area contributed by atoms with E-state index in [2.05, 4.69) is 6.07 Å². The molecule has 0 saturated carbocycles. The van der Waals surface area contributed by atoms with Gasteiger partial charge in [-0.25, -0.2) is 0 Å². The van der Waals surface area contributed by atoms with E-state index in [1.807, 2.05) is 0 Å². The number of hydrogen-bond acceptors (Lipinski definition) is 3. The van der Waals surface area contributed by atoms with Gasteiger partial charge in [-0.1, -0.05) is 0 Å². The largest absolute Gasteiger partial charge is 0.330 e. The summed E-state index contributed by atoms with van der Waals surface area (Å²) in [6.07, 6.45) is 4.47. The molecule has 1 unspecified atom stereocenters. The third-order valence-electron chi connectivity index (χ3n) is 1.64. The Labute approximate surface area is 68.4 Å². The predicted molar refractivity (Wildman–Crippen MR) is 45.7 cm³/mol. The molecule has 0 aliphatic carbocycles. The van der Waals surface area contributed by atoms with Crippen LogP contribution < -0.4 is 11.5 Å². The summed E-state index contributed by atoms with van der Waals surface area (Å²) in [6, 6.07) is 2.34. The third kappa shape index (κ3) is 7.31. The third-order valence-corrected chi connectivity index (χ3v) is 1.64. The van der Waals surface area contributed by atoms with Gasteiger partial charge in [0.25, 0.3) is 0 Å². The van der Waals surface area contributed by atoms with Gasteiger partial charge in [-0.2, -0.15) is 5.26 Å². The van der Waals surface area contributed by atoms with Crippen LogP contribution in [0.2, 0.25) is 0 Å². The second-order valence-corrected chi connectivity index (χ2v) is 2.74. The summed E-state index contributed by atoms with van der Waals surface area (Å²) in [6.45, 7) is 0.714. The molecule has 64 valence electrons. The molecule has 0 spiro atoms. The molecule has 0 heterocycles. The fourth-order valence-corrected chi connectivity index (χ4v) is 0.968. The minimum absolute atomic E-state index is 0.242. The van der Waals surface area contributed by atoms with Gasteiger partial charge in [0.05, 0.1) is 6.07 Å². The van der Waals surface area contributed by atoms with E-state index in [9.17, 15) is 0 Å². The van der Waals surface area contributed by atoms with Gasteiger partial charge in [-0.3, -0.25) is 0 Å². The minimum Gasteiger partial charge on any atom is -0.330 e. The summed E-state index contributed by atoms with van der Waals surface area (Å²) in [5, 5.41) is 8.24. The van der Waals surface area contributed by atoms with Crippen LogP contribution in [0.5, 0.6) is 0 Å². The molecular weight excluding hydrogens is 138 g/mol. The molecule has 11 heavy (non-hydrogen) atoms. The van der Waals surface area contributed by atoms with Gasteiger partial charge in [0.1, 0.15) is 0 Å². The molecule has 0 aromatic heterocycles. The van der Waals surface area contributed by atoms with Crippen LogP contribution in [-0.4, -0.2) is 12.6 Å². The molecule has 0 rings (SSSR count). The fourth-order valence-electron chi connectivity index (χ4n) is 0.968. The van der Waals surface area contributed by atoms with Crippen molar-refractivity contribution < 1.29 is 0 Å².